The molecule has 0 radical (unpaired) electrons. The second-order valence-corrected chi connectivity index (χ2v) is 5.09. The fraction of sp³-hybridized carbons (Fsp3) is 0.154. The number of hydrogen-bond donors (Lipinski definition) is 1. The summed E-state index contributed by atoms with van der Waals surface area (Å²) in [5.41, 5.74) is 5.24. The minimum absolute atomic E-state index is 0.193. The Morgan fingerprint density at radius 3 is 2.56 bits per heavy atom. The van der Waals surface area contributed by atoms with Crippen LogP contribution in [0.2, 0.25) is 0 Å². The molecule has 0 aliphatic carbocycles. The average molecular weight is 231 g/mol. The second kappa shape index (κ2) is 4.58. The molecule has 2 rings (SSSR count). The molecule has 1 atom stereocenters. The van der Waals surface area contributed by atoms with Gasteiger partial charge in [-0.1, -0.05) is 30.3 Å². The summed E-state index contributed by atoms with van der Waals surface area (Å²) in [6, 6.07) is 14.3. The van der Waals surface area contributed by atoms with Gasteiger partial charge in [0.25, 0.3) is 0 Å². The van der Waals surface area contributed by atoms with Gasteiger partial charge in [-0.2, -0.15) is 0 Å². The number of rotatable bonds is 3. The number of amides is 1. The maximum absolute atomic E-state index is 11.0. The van der Waals surface area contributed by atoms with Crippen LogP contribution in [0.15, 0.2) is 47.4 Å². The first-order valence-electron chi connectivity index (χ1n) is 5.11. The fourth-order valence-electron chi connectivity index (χ4n) is 1.50. The summed E-state index contributed by atoms with van der Waals surface area (Å²) >= 11 is 1.49. The van der Waals surface area contributed by atoms with Crippen molar-refractivity contribution in [3.05, 3.63) is 42.5 Å². The molecule has 0 unspecified atom stereocenters. The molecule has 0 aliphatic heterocycles. The minimum Gasteiger partial charge on any atom is -0.369 e. The molecule has 16 heavy (non-hydrogen) atoms. The molecule has 0 saturated heterocycles. The van der Waals surface area contributed by atoms with Crippen molar-refractivity contribution in [3.8, 4) is 0 Å². The van der Waals surface area contributed by atoms with Gasteiger partial charge in [-0.3, -0.25) is 4.79 Å². The Morgan fingerprint density at radius 1 is 1.19 bits per heavy atom. The Hall–Kier alpha value is -1.48. The zero-order valence-corrected chi connectivity index (χ0v) is 9.83. The molecular formula is C13H13NOS. The standard InChI is InChI=1S/C13H13NOS/c1-9(13(14)15)16-12-7-6-10-4-2-3-5-11(10)8-12/h2-9H,1H3,(H2,14,15)/t9-/m1/s1. The number of fused-ring (bicyclic) bond motifs is 1. The largest absolute Gasteiger partial charge is 0.369 e. The van der Waals surface area contributed by atoms with E-state index in [4.69, 9.17) is 5.73 Å². The van der Waals surface area contributed by atoms with E-state index in [9.17, 15) is 4.79 Å². The van der Waals surface area contributed by atoms with E-state index in [1.807, 2.05) is 25.1 Å². The highest BCUT2D eigenvalue weighted by atomic mass is 32.2. The molecule has 0 aromatic heterocycles. The van der Waals surface area contributed by atoms with E-state index in [2.05, 4.69) is 24.3 Å². The van der Waals surface area contributed by atoms with Gasteiger partial charge in [0.05, 0.1) is 5.25 Å². The second-order valence-electron chi connectivity index (χ2n) is 3.67. The van der Waals surface area contributed by atoms with Crippen molar-refractivity contribution in [2.75, 3.05) is 0 Å². The highest BCUT2D eigenvalue weighted by Crippen LogP contribution is 2.26. The SMILES string of the molecule is C[C@@H](Sc1ccc2ccccc2c1)C(N)=O. The van der Waals surface area contributed by atoms with Crippen molar-refractivity contribution in [2.24, 2.45) is 5.73 Å². The molecule has 0 bridgehead atoms. The zero-order valence-electron chi connectivity index (χ0n) is 9.01. The fourth-order valence-corrected chi connectivity index (χ4v) is 2.37. The molecule has 2 N–H and O–H groups in total. The van der Waals surface area contributed by atoms with Crippen LogP contribution in [0.25, 0.3) is 10.8 Å². The zero-order chi connectivity index (χ0) is 11.5. The first-order valence-corrected chi connectivity index (χ1v) is 5.99. The quantitative estimate of drug-likeness (QED) is 0.825. The number of hydrogen-bond acceptors (Lipinski definition) is 2. The van der Waals surface area contributed by atoms with Crippen LogP contribution in [0.4, 0.5) is 0 Å². The number of primary amides is 1. The summed E-state index contributed by atoms with van der Waals surface area (Å²) in [6.45, 7) is 1.82. The summed E-state index contributed by atoms with van der Waals surface area (Å²) in [5.74, 6) is -0.279. The molecule has 0 saturated carbocycles. The van der Waals surface area contributed by atoms with Gasteiger partial charge in [-0.05, 0) is 29.8 Å². The average Bonchev–Trinajstić information content (AvgIpc) is 2.28. The van der Waals surface area contributed by atoms with Crippen LogP contribution in [-0.2, 0) is 4.79 Å². The van der Waals surface area contributed by atoms with Crippen molar-refractivity contribution in [3.63, 3.8) is 0 Å². The number of thioether (sulfide) groups is 1. The van der Waals surface area contributed by atoms with Gasteiger partial charge in [0, 0.05) is 4.90 Å². The van der Waals surface area contributed by atoms with E-state index in [0.29, 0.717) is 0 Å². The molecule has 0 spiro atoms. The van der Waals surface area contributed by atoms with Gasteiger partial charge in [-0.25, -0.2) is 0 Å². The van der Waals surface area contributed by atoms with Crippen LogP contribution < -0.4 is 5.73 Å². The number of nitrogens with two attached hydrogens (primary N) is 1. The van der Waals surface area contributed by atoms with Gasteiger partial charge in [0.1, 0.15) is 0 Å². The lowest BCUT2D eigenvalue weighted by Gasteiger charge is -2.07. The van der Waals surface area contributed by atoms with E-state index < -0.39 is 0 Å². The molecule has 2 nitrogen and oxygen atoms in total. The third-order valence-electron chi connectivity index (χ3n) is 2.43. The van der Waals surface area contributed by atoms with Crippen molar-refractivity contribution in [1.29, 1.82) is 0 Å². The van der Waals surface area contributed by atoms with Crippen molar-refractivity contribution < 1.29 is 4.79 Å². The molecule has 3 heteroatoms. The number of carbonyl (C=O) groups is 1. The molecule has 2 aromatic carbocycles. The molecule has 82 valence electrons. The summed E-state index contributed by atoms with van der Waals surface area (Å²) < 4.78 is 0. The first kappa shape index (κ1) is 11.0. The Labute approximate surface area is 98.8 Å². The van der Waals surface area contributed by atoms with E-state index in [-0.39, 0.29) is 11.2 Å². The summed E-state index contributed by atoms with van der Waals surface area (Å²) in [6.07, 6.45) is 0. The minimum atomic E-state index is -0.279. The third-order valence-corrected chi connectivity index (χ3v) is 3.55. The molecule has 0 fully saturated rings. The van der Waals surface area contributed by atoms with Gasteiger partial charge in [0.2, 0.25) is 5.91 Å². The Balaban J connectivity index is 2.29. The van der Waals surface area contributed by atoms with E-state index in [1.165, 1.54) is 22.5 Å². The van der Waals surface area contributed by atoms with Gasteiger partial charge < -0.3 is 5.73 Å². The lowest BCUT2D eigenvalue weighted by Crippen LogP contribution is -2.22. The van der Waals surface area contributed by atoms with Gasteiger partial charge >= 0.3 is 0 Å². The van der Waals surface area contributed by atoms with Crippen LogP contribution >= 0.6 is 11.8 Å². The lowest BCUT2D eigenvalue weighted by molar-refractivity contribution is -0.117. The van der Waals surface area contributed by atoms with Crippen molar-refractivity contribution in [1.82, 2.24) is 0 Å². The molecule has 0 heterocycles. The summed E-state index contributed by atoms with van der Waals surface area (Å²) in [4.78, 5) is 12.0. The molecule has 1 amide bonds. The predicted molar refractivity (Wildman–Crippen MR) is 68.5 cm³/mol. The highest BCUT2D eigenvalue weighted by Gasteiger charge is 2.10. The van der Waals surface area contributed by atoms with Crippen LogP contribution in [0.3, 0.4) is 0 Å². The van der Waals surface area contributed by atoms with Crippen molar-refractivity contribution in [2.45, 2.75) is 17.1 Å². The maximum atomic E-state index is 11.0. The Bertz CT molecular complexity index is 524. The Morgan fingerprint density at radius 2 is 1.88 bits per heavy atom. The van der Waals surface area contributed by atoms with Crippen LogP contribution in [0.5, 0.6) is 0 Å². The topological polar surface area (TPSA) is 43.1 Å². The van der Waals surface area contributed by atoms with Crippen molar-refractivity contribution >= 4 is 28.4 Å². The van der Waals surface area contributed by atoms with Gasteiger partial charge in [0.15, 0.2) is 0 Å². The Kier molecular flexibility index (Phi) is 3.15. The normalized spacial score (nSPS) is 12.6. The van der Waals surface area contributed by atoms with E-state index >= 15 is 0 Å². The molecule has 2 aromatic rings. The van der Waals surface area contributed by atoms with Gasteiger partial charge in [-0.15, -0.1) is 11.8 Å². The van der Waals surface area contributed by atoms with Crippen LogP contribution in [0.1, 0.15) is 6.92 Å². The van der Waals surface area contributed by atoms with E-state index in [0.717, 1.165) is 4.90 Å². The lowest BCUT2D eigenvalue weighted by atomic mass is 10.1. The number of benzene rings is 2. The summed E-state index contributed by atoms with van der Waals surface area (Å²) in [5, 5.41) is 2.20. The highest BCUT2D eigenvalue weighted by molar-refractivity contribution is 8.00. The third kappa shape index (κ3) is 2.36. The smallest absolute Gasteiger partial charge is 0.230 e. The van der Waals surface area contributed by atoms with Crippen LogP contribution in [-0.4, -0.2) is 11.2 Å². The maximum Gasteiger partial charge on any atom is 0.230 e. The summed E-state index contributed by atoms with van der Waals surface area (Å²) in [7, 11) is 0. The molecular weight excluding hydrogens is 218 g/mol. The monoisotopic (exact) mass is 231 g/mol. The predicted octanol–water partition coefficient (Wildman–Crippen LogP) is 2.81. The first-order chi connectivity index (χ1) is 7.66. The van der Waals surface area contributed by atoms with E-state index in [1.54, 1.807) is 0 Å². The molecule has 0 aliphatic rings. The van der Waals surface area contributed by atoms with Crippen LogP contribution in [0, 0.1) is 0 Å². The number of carbonyl (C=O) groups excluding carboxylic acids is 1.